The largest absolute Gasteiger partial charge is 0.356 e. The van der Waals surface area contributed by atoms with Crippen molar-refractivity contribution in [2.45, 2.75) is 38.6 Å². The Hall–Kier alpha value is -0.610. The Morgan fingerprint density at radius 3 is 2.63 bits per heavy atom. The number of pyridine rings is 1. The molecule has 1 aromatic rings. The molecular formula is C15H22BrN3. The highest BCUT2D eigenvalue weighted by atomic mass is 79.9. The summed E-state index contributed by atoms with van der Waals surface area (Å²) in [6, 6.07) is 4.94. The molecule has 3 nitrogen and oxygen atoms in total. The predicted molar refractivity (Wildman–Crippen MR) is 82.6 cm³/mol. The van der Waals surface area contributed by atoms with E-state index in [4.69, 9.17) is 0 Å². The van der Waals surface area contributed by atoms with Crippen molar-refractivity contribution in [1.29, 1.82) is 0 Å². The second-order valence-corrected chi connectivity index (χ2v) is 6.70. The summed E-state index contributed by atoms with van der Waals surface area (Å²) in [7, 11) is 0. The van der Waals surface area contributed by atoms with Gasteiger partial charge < -0.3 is 10.2 Å². The number of aromatic nitrogens is 1. The Bertz CT molecular complexity index is 437. The average molecular weight is 324 g/mol. The summed E-state index contributed by atoms with van der Waals surface area (Å²) < 4.78 is 1.09. The third-order valence-electron chi connectivity index (χ3n) is 4.22. The molecule has 1 N–H and O–H groups in total. The van der Waals surface area contributed by atoms with E-state index in [0.717, 1.165) is 35.0 Å². The minimum absolute atomic E-state index is 0.716. The summed E-state index contributed by atoms with van der Waals surface area (Å²) >= 11 is 3.51. The summed E-state index contributed by atoms with van der Waals surface area (Å²) in [5.74, 6) is 2.11. The van der Waals surface area contributed by atoms with Crippen LogP contribution in [-0.2, 0) is 0 Å². The molecule has 0 spiro atoms. The number of halogens is 1. The SMILES string of the molecule is Cc1nc(N2CCC(NCC3CC3)CC2)ccc1Br. The van der Waals surface area contributed by atoms with E-state index in [1.165, 1.54) is 32.2 Å². The van der Waals surface area contributed by atoms with E-state index in [1.807, 2.05) is 0 Å². The maximum Gasteiger partial charge on any atom is 0.128 e. The van der Waals surface area contributed by atoms with E-state index in [0.29, 0.717) is 6.04 Å². The van der Waals surface area contributed by atoms with Gasteiger partial charge in [-0.2, -0.15) is 0 Å². The van der Waals surface area contributed by atoms with Crippen LogP contribution in [0.25, 0.3) is 0 Å². The van der Waals surface area contributed by atoms with Crippen LogP contribution in [0.1, 0.15) is 31.4 Å². The van der Waals surface area contributed by atoms with Gasteiger partial charge in [0.05, 0.1) is 5.69 Å². The van der Waals surface area contributed by atoms with Gasteiger partial charge in [0, 0.05) is 23.6 Å². The van der Waals surface area contributed by atoms with E-state index < -0.39 is 0 Å². The molecule has 1 aliphatic carbocycles. The Balaban J connectivity index is 1.52. The first-order chi connectivity index (χ1) is 9.22. The molecule has 0 bridgehead atoms. The minimum Gasteiger partial charge on any atom is -0.356 e. The van der Waals surface area contributed by atoms with Crippen LogP contribution in [-0.4, -0.2) is 30.7 Å². The lowest BCUT2D eigenvalue weighted by Gasteiger charge is -2.33. The molecule has 0 atom stereocenters. The van der Waals surface area contributed by atoms with Crippen molar-refractivity contribution < 1.29 is 0 Å². The van der Waals surface area contributed by atoms with Gasteiger partial charge in [0.25, 0.3) is 0 Å². The van der Waals surface area contributed by atoms with Gasteiger partial charge in [-0.25, -0.2) is 4.98 Å². The molecule has 0 unspecified atom stereocenters. The van der Waals surface area contributed by atoms with E-state index in [2.05, 4.69) is 50.2 Å². The lowest BCUT2D eigenvalue weighted by molar-refractivity contribution is 0.407. The van der Waals surface area contributed by atoms with Crippen LogP contribution < -0.4 is 10.2 Å². The molecule has 4 heteroatoms. The second-order valence-electron chi connectivity index (χ2n) is 5.85. The van der Waals surface area contributed by atoms with Gasteiger partial charge in [0.15, 0.2) is 0 Å². The quantitative estimate of drug-likeness (QED) is 0.922. The molecule has 2 fully saturated rings. The highest BCUT2D eigenvalue weighted by molar-refractivity contribution is 9.10. The number of anilines is 1. The van der Waals surface area contributed by atoms with E-state index in [9.17, 15) is 0 Å². The lowest BCUT2D eigenvalue weighted by atomic mass is 10.0. The van der Waals surface area contributed by atoms with Gasteiger partial charge in [0.2, 0.25) is 0 Å². The second kappa shape index (κ2) is 5.80. The van der Waals surface area contributed by atoms with Crippen LogP contribution in [0, 0.1) is 12.8 Å². The molecule has 1 aromatic heterocycles. The van der Waals surface area contributed by atoms with Crippen LogP contribution in [0.2, 0.25) is 0 Å². The molecule has 1 saturated heterocycles. The maximum absolute atomic E-state index is 4.66. The number of piperidine rings is 1. The van der Waals surface area contributed by atoms with Crippen molar-refractivity contribution in [2.24, 2.45) is 5.92 Å². The normalized spacial score (nSPS) is 20.8. The standard InChI is InChI=1S/C15H22BrN3/c1-11-14(16)4-5-15(18-11)19-8-6-13(7-9-19)17-10-12-2-3-12/h4-5,12-13,17H,2-3,6-10H2,1H3. The van der Waals surface area contributed by atoms with Crippen LogP contribution in [0.15, 0.2) is 16.6 Å². The molecule has 19 heavy (non-hydrogen) atoms. The molecule has 2 aliphatic rings. The van der Waals surface area contributed by atoms with E-state index in [-0.39, 0.29) is 0 Å². The van der Waals surface area contributed by atoms with Gasteiger partial charge in [-0.15, -0.1) is 0 Å². The fraction of sp³-hybridized carbons (Fsp3) is 0.667. The molecular weight excluding hydrogens is 302 g/mol. The summed E-state index contributed by atoms with van der Waals surface area (Å²) in [5.41, 5.74) is 1.08. The Morgan fingerprint density at radius 1 is 1.26 bits per heavy atom. The van der Waals surface area contributed by atoms with Crippen molar-refractivity contribution in [2.75, 3.05) is 24.5 Å². The summed E-state index contributed by atoms with van der Waals surface area (Å²) in [4.78, 5) is 7.08. The van der Waals surface area contributed by atoms with Gasteiger partial charge in [-0.1, -0.05) is 0 Å². The molecule has 1 aliphatic heterocycles. The highest BCUT2D eigenvalue weighted by Gasteiger charge is 2.24. The van der Waals surface area contributed by atoms with Crippen molar-refractivity contribution in [3.05, 3.63) is 22.3 Å². The first kappa shape index (κ1) is 13.4. The summed E-state index contributed by atoms with van der Waals surface area (Å²) in [6.45, 7) is 5.53. The van der Waals surface area contributed by atoms with Crippen molar-refractivity contribution in [1.82, 2.24) is 10.3 Å². The summed E-state index contributed by atoms with van der Waals surface area (Å²) in [5, 5.41) is 3.72. The lowest BCUT2D eigenvalue weighted by Crippen LogP contribution is -2.43. The topological polar surface area (TPSA) is 28.2 Å². The molecule has 3 rings (SSSR count). The van der Waals surface area contributed by atoms with Gasteiger partial charge in [0.1, 0.15) is 5.82 Å². The average Bonchev–Trinajstić information content (AvgIpc) is 3.24. The van der Waals surface area contributed by atoms with Crippen LogP contribution >= 0.6 is 15.9 Å². The summed E-state index contributed by atoms with van der Waals surface area (Å²) in [6.07, 6.45) is 5.36. The van der Waals surface area contributed by atoms with E-state index >= 15 is 0 Å². The number of hydrogen-bond donors (Lipinski definition) is 1. The van der Waals surface area contributed by atoms with Gasteiger partial charge in [-0.05, 0) is 73.1 Å². The minimum atomic E-state index is 0.716. The number of hydrogen-bond acceptors (Lipinski definition) is 3. The molecule has 0 amide bonds. The third kappa shape index (κ3) is 3.48. The number of aryl methyl sites for hydroxylation is 1. The van der Waals surface area contributed by atoms with Crippen LogP contribution in [0.4, 0.5) is 5.82 Å². The highest BCUT2D eigenvalue weighted by Crippen LogP contribution is 2.28. The fourth-order valence-corrected chi connectivity index (χ4v) is 2.90. The van der Waals surface area contributed by atoms with E-state index in [1.54, 1.807) is 0 Å². The molecule has 0 radical (unpaired) electrons. The number of nitrogens with zero attached hydrogens (tertiary/aromatic N) is 2. The molecule has 2 heterocycles. The first-order valence-corrected chi connectivity index (χ1v) is 8.13. The van der Waals surface area contributed by atoms with Crippen molar-refractivity contribution in [3.63, 3.8) is 0 Å². The zero-order chi connectivity index (χ0) is 13.2. The number of rotatable bonds is 4. The van der Waals surface area contributed by atoms with Gasteiger partial charge >= 0.3 is 0 Å². The Labute approximate surface area is 123 Å². The van der Waals surface area contributed by atoms with Gasteiger partial charge in [-0.3, -0.25) is 0 Å². The third-order valence-corrected chi connectivity index (χ3v) is 5.06. The smallest absolute Gasteiger partial charge is 0.128 e. The Kier molecular flexibility index (Phi) is 4.08. The van der Waals surface area contributed by atoms with Crippen molar-refractivity contribution in [3.8, 4) is 0 Å². The fourth-order valence-electron chi connectivity index (χ4n) is 2.67. The molecule has 104 valence electrons. The molecule has 1 saturated carbocycles. The predicted octanol–water partition coefficient (Wildman–Crippen LogP) is 3.12. The zero-order valence-corrected chi connectivity index (χ0v) is 13.1. The van der Waals surface area contributed by atoms with Crippen LogP contribution in [0.3, 0.4) is 0 Å². The van der Waals surface area contributed by atoms with Crippen LogP contribution in [0.5, 0.6) is 0 Å². The van der Waals surface area contributed by atoms with Crippen molar-refractivity contribution >= 4 is 21.7 Å². The number of nitrogens with one attached hydrogen (secondary N) is 1. The first-order valence-electron chi connectivity index (χ1n) is 7.34. The molecule has 0 aromatic carbocycles. The maximum atomic E-state index is 4.66. The zero-order valence-electron chi connectivity index (χ0n) is 11.5. The Morgan fingerprint density at radius 2 is 2.00 bits per heavy atom. The monoisotopic (exact) mass is 323 g/mol.